The Morgan fingerprint density at radius 2 is 2.09 bits per heavy atom. The standard InChI is InChI=1S/C15H14ClN3O3/c1-7-5-10(8(2)12(16)9(7)6-17)19-14(21)13-11(20)3-4-18(13)15(19)22/h5,11,13,20H,3-4H2,1-2H3/t11-,13+/m1/s1. The van der Waals surface area contributed by atoms with E-state index in [-0.39, 0.29) is 5.02 Å². The van der Waals surface area contributed by atoms with Gasteiger partial charge in [-0.25, -0.2) is 9.69 Å². The number of amides is 3. The summed E-state index contributed by atoms with van der Waals surface area (Å²) < 4.78 is 0. The van der Waals surface area contributed by atoms with Crippen LogP contribution in [0.25, 0.3) is 0 Å². The van der Waals surface area contributed by atoms with Crippen molar-refractivity contribution in [1.82, 2.24) is 4.90 Å². The highest BCUT2D eigenvalue weighted by Gasteiger charge is 2.52. The van der Waals surface area contributed by atoms with Gasteiger partial charge < -0.3 is 10.0 Å². The first-order chi connectivity index (χ1) is 10.4. The molecule has 6 nitrogen and oxygen atoms in total. The van der Waals surface area contributed by atoms with Gasteiger partial charge >= 0.3 is 6.03 Å². The van der Waals surface area contributed by atoms with E-state index in [0.29, 0.717) is 35.3 Å². The molecule has 0 bridgehead atoms. The smallest absolute Gasteiger partial charge is 0.332 e. The molecule has 0 spiro atoms. The number of halogens is 1. The Labute approximate surface area is 132 Å². The van der Waals surface area contributed by atoms with Crippen molar-refractivity contribution in [2.75, 3.05) is 11.4 Å². The first-order valence-corrected chi connectivity index (χ1v) is 7.28. The van der Waals surface area contributed by atoms with Crippen molar-refractivity contribution in [1.29, 1.82) is 5.26 Å². The zero-order valence-electron chi connectivity index (χ0n) is 12.1. The van der Waals surface area contributed by atoms with Crippen molar-refractivity contribution in [3.8, 4) is 6.07 Å². The maximum absolute atomic E-state index is 12.5. The molecule has 3 rings (SSSR count). The Balaban J connectivity index is 2.12. The number of imide groups is 1. The third-order valence-electron chi connectivity index (χ3n) is 4.31. The van der Waals surface area contributed by atoms with E-state index < -0.39 is 24.1 Å². The number of nitriles is 1. The molecule has 2 saturated heterocycles. The Bertz CT molecular complexity index is 741. The molecular formula is C15H14ClN3O3. The van der Waals surface area contributed by atoms with Crippen LogP contribution in [0, 0.1) is 25.2 Å². The summed E-state index contributed by atoms with van der Waals surface area (Å²) in [6.07, 6.45) is -0.431. The van der Waals surface area contributed by atoms with E-state index in [0.717, 1.165) is 4.90 Å². The Kier molecular flexibility index (Phi) is 3.35. The summed E-state index contributed by atoms with van der Waals surface area (Å²) in [5, 5.41) is 19.3. The number of hydrogen-bond acceptors (Lipinski definition) is 4. The number of aryl methyl sites for hydroxylation is 1. The third-order valence-corrected chi connectivity index (χ3v) is 4.78. The molecule has 22 heavy (non-hydrogen) atoms. The summed E-state index contributed by atoms with van der Waals surface area (Å²) >= 11 is 6.19. The molecule has 2 aliphatic rings. The van der Waals surface area contributed by atoms with Crippen molar-refractivity contribution in [2.45, 2.75) is 32.4 Å². The van der Waals surface area contributed by atoms with Gasteiger partial charge in [0.1, 0.15) is 12.1 Å². The van der Waals surface area contributed by atoms with Crippen LogP contribution in [0.2, 0.25) is 5.02 Å². The van der Waals surface area contributed by atoms with Crippen LogP contribution in [-0.4, -0.2) is 40.6 Å². The molecule has 2 atom stereocenters. The zero-order valence-corrected chi connectivity index (χ0v) is 12.9. The van der Waals surface area contributed by atoms with E-state index in [9.17, 15) is 14.7 Å². The molecular weight excluding hydrogens is 306 g/mol. The fraction of sp³-hybridized carbons (Fsp3) is 0.400. The lowest BCUT2D eigenvalue weighted by molar-refractivity contribution is -0.121. The second kappa shape index (κ2) is 4.97. The van der Waals surface area contributed by atoms with Crippen molar-refractivity contribution < 1.29 is 14.7 Å². The minimum atomic E-state index is -0.836. The quantitative estimate of drug-likeness (QED) is 0.799. The summed E-state index contributed by atoms with van der Waals surface area (Å²) in [4.78, 5) is 27.5. The minimum Gasteiger partial charge on any atom is -0.390 e. The van der Waals surface area contributed by atoms with Crippen molar-refractivity contribution >= 4 is 29.2 Å². The average molecular weight is 320 g/mol. The number of fused-ring (bicyclic) bond motifs is 1. The number of rotatable bonds is 1. The van der Waals surface area contributed by atoms with Gasteiger partial charge in [-0.2, -0.15) is 5.26 Å². The van der Waals surface area contributed by atoms with Crippen LogP contribution < -0.4 is 4.90 Å². The first-order valence-electron chi connectivity index (χ1n) is 6.91. The second-order valence-electron chi connectivity index (χ2n) is 5.59. The van der Waals surface area contributed by atoms with Crippen LogP contribution in [0.5, 0.6) is 0 Å². The van der Waals surface area contributed by atoms with Crippen LogP contribution in [-0.2, 0) is 4.79 Å². The monoisotopic (exact) mass is 319 g/mol. The van der Waals surface area contributed by atoms with Gasteiger partial charge in [0.15, 0.2) is 0 Å². The molecule has 114 valence electrons. The molecule has 2 heterocycles. The zero-order chi connectivity index (χ0) is 16.2. The number of urea groups is 1. The molecule has 0 aliphatic carbocycles. The maximum atomic E-state index is 12.5. The van der Waals surface area contributed by atoms with Gasteiger partial charge in [-0.15, -0.1) is 0 Å². The van der Waals surface area contributed by atoms with Gasteiger partial charge in [-0.05, 0) is 37.5 Å². The molecule has 7 heteroatoms. The van der Waals surface area contributed by atoms with E-state index in [1.807, 2.05) is 6.07 Å². The summed E-state index contributed by atoms with van der Waals surface area (Å²) in [7, 11) is 0. The number of carbonyl (C=O) groups is 2. The number of hydrogen-bond donors (Lipinski definition) is 1. The van der Waals surface area contributed by atoms with Crippen LogP contribution in [0.3, 0.4) is 0 Å². The highest BCUT2D eigenvalue weighted by Crippen LogP contribution is 2.37. The first kappa shape index (κ1) is 14.8. The molecule has 0 unspecified atom stereocenters. The Morgan fingerprint density at radius 3 is 2.68 bits per heavy atom. The Hall–Kier alpha value is -2.10. The number of nitrogens with zero attached hydrogens (tertiary/aromatic N) is 3. The summed E-state index contributed by atoms with van der Waals surface area (Å²) in [5.41, 5.74) is 1.81. The van der Waals surface area contributed by atoms with Crippen molar-refractivity contribution in [2.24, 2.45) is 0 Å². The fourth-order valence-electron chi connectivity index (χ4n) is 3.09. The Morgan fingerprint density at radius 1 is 1.41 bits per heavy atom. The molecule has 2 fully saturated rings. The summed E-state index contributed by atoms with van der Waals surface area (Å²) in [6.45, 7) is 3.72. The van der Waals surface area contributed by atoms with Crippen LogP contribution >= 0.6 is 11.6 Å². The molecule has 0 saturated carbocycles. The lowest BCUT2D eigenvalue weighted by Gasteiger charge is -2.20. The number of aliphatic hydroxyl groups excluding tert-OH is 1. The molecule has 1 aromatic rings. The lowest BCUT2D eigenvalue weighted by Crippen LogP contribution is -2.36. The van der Waals surface area contributed by atoms with Crippen LogP contribution in [0.1, 0.15) is 23.1 Å². The normalized spacial score (nSPS) is 24.0. The topological polar surface area (TPSA) is 84.6 Å². The second-order valence-corrected chi connectivity index (χ2v) is 5.97. The predicted octanol–water partition coefficient (Wildman–Crippen LogP) is 1.73. The number of benzene rings is 1. The van der Waals surface area contributed by atoms with Gasteiger partial charge in [-0.1, -0.05) is 11.6 Å². The molecule has 0 radical (unpaired) electrons. The van der Waals surface area contributed by atoms with Crippen molar-refractivity contribution in [3.05, 3.63) is 27.8 Å². The highest BCUT2D eigenvalue weighted by atomic mass is 35.5. The van der Waals surface area contributed by atoms with E-state index >= 15 is 0 Å². The van der Waals surface area contributed by atoms with E-state index in [1.165, 1.54) is 4.90 Å². The molecule has 3 amide bonds. The maximum Gasteiger partial charge on any atom is 0.332 e. The summed E-state index contributed by atoms with van der Waals surface area (Å²) in [5.74, 6) is -0.446. The van der Waals surface area contributed by atoms with Gasteiger partial charge in [-0.3, -0.25) is 4.79 Å². The number of carbonyl (C=O) groups excluding carboxylic acids is 2. The molecule has 2 aliphatic heterocycles. The van der Waals surface area contributed by atoms with Crippen molar-refractivity contribution in [3.63, 3.8) is 0 Å². The number of anilines is 1. The van der Waals surface area contributed by atoms with Crippen LogP contribution in [0.4, 0.5) is 10.5 Å². The predicted molar refractivity (Wildman–Crippen MR) is 79.6 cm³/mol. The average Bonchev–Trinajstić information content (AvgIpc) is 2.96. The van der Waals surface area contributed by atoms with Gasteiger partial charge in [0, 0.05) is 6.54 Å². The SMILES string of the molecule is Cc1cc(N2C(=O)[C@@H]3[C@H](O)CCN3C2=O)c(C)c(Cl)c1C#N. The fourth-order valence-corrected chi connectivity index (χ4v) is 3.38. The minimum absolute atomic E-state index is 0.241. The molecule has 0 aromatic heterocycles. The van der Waals surface area contributed by atoms with E-state index in [4.69, 9.17) is 16.9 Å². The lowest BCUT2D eigenvalue weighted by atomic mass is 10.0. The van der Waals surface area contributed by atoms with Crippen LogP contribution in [0.15, 0.2) is 6.07 Å². The largest absolute Gasteiger partial charge is 0.390 e. The number of aliphatic hydroxyl groups is 1. The highest BCUT2D eigenvalue weighted by molar-refractivity contribution is 6.33. The van der Waals surface area contributed by atoms with E-state index in [2.05, 4.69) is 0 Å². The van der Waals surface area contributed by atoms with Gasteiger partial charge in [0.2, 0.25) is 0 Å². The van der Waals surface area contributed by atoms with Gasteiger partial charge in [0.25, 0.3) is 5.91 Å². The summed E-state index contributed by atoms with van der Waals surface area (Å²) in [6, 6.07) is 2.37. The third kappa shape index (κ3) is 1.83. The molecule has 1 aromatic carbocycles. The van der Waals surface area contributed by atoms with E-state index in [1.54, 1.807) is 19.9 Å². The van der Waals surface area contributed by atoms with Gasteiger partial charge in [0.05, 0.1) is 22.4 Å². The molecule has 1 N–H and O–H groups in total.